The standard InChI is InChI=1S/C13H15F2N3S/c1-4-11(16-3)13-18-17-12(19-13)8-5-7(2)9(14)6-10(8)15/h5-6,11,16H,4H2,1-3H3. The van der Waals surface area contributed by atoms with E-state index in [1.54, 1.807) is 6.92 Å². The molecular formula is C13H15F2N3S. The van der Waals surface area contributed by atoms with Crippen molar-refractivity contribution in [3.8, 4) is 10.6 Å². The fourth-order valence-electron chi connectivity index (χ4n) is 1.81. The number of nitrogens with zero attached hydrogens (tertiary/aromatic N) is 2. The van der Waals surface area contributed by atoms with Gasteiger partial charge in [0.05, 0.1) is 6.04 Å². The number of hydrogen-bond acceptors (Lipinski definition) is 4. The van der Waals surface area contributed by atoms with Gasteiger partial charge in [0.2, 0.25) is 0 Å². The van der Waals surface area contributed by atoms with Gasteiger partial charge in [-0.15, -0.1) is 10.2 Å². The zero-order chi connectivity index (χ0) is 14.0. The Morgan fingerprint density at radius 1 is 1.26 bits per heavy atom. The van der Waals surface area contributed by atoms with Crippen LogP contribution in [0.1, 0.15) is 30.0 Å². The molecule has 1 aromatic heterocycles. The maximum atomic E-state index is 13.8. The highest BCUT2D eigenvalue weighted by Crippen LogP contribution is 2.30. The van der Waals surface area contributed by atoms with Crippen molar-refractivity contribution in [1.29, 1.82) is 0 Å². The van der Waals surface area contributed by atoms with Crippen LogP contribution >= 0.6 is 11.3 Å². The normalized spacial score (nSPS) is 12.7. The fraction of sp³-hybridized carbons (Fsp3) is 0.385. The van der Waals surface area contributed by atoms with Gasteiger partial charge in [0, 0.05) is 11.6 Å². The number of benzene rings is 1. The van der Waals surface area contributed by atoms with E-state index in [1.807, 2.05) is 14.0 Å². The molecule has 3 nitrogen and oxygen atoms in total. The molecule has 6 heteroatoms. The number of hydrogen-bond donors (Lipinski definition) is 1. The maximum absolute atomic E-state index is 13.8. The predicted molar refractivity (Wildman–Crippen MR) is 72.1 cm³/mol. The summed E-state index contributed by atoms with van der Waals surface area (Å²) in [5, 5.41) is 12.5. The third-order valence-corrected chi connectivity index (χ3v) is 4.04. The molecule has 2 aromatic rings. The summed E-state index contributed by atoms with van der Waals surface area (Å²) in [4.78, 5) is 0. The van der Waals surface area contributed by atoms with Gasteiger partial charge in [-0.1, -0.05) is 18.3 Å². The summed E-state index contributed by atoms with van der Waals surface area (Å²) < 4.78 is 27.0. The molecule has 1 heterocycles. The molecule has 19 heavy (non-hydrogen) atoms. The van der Waals surface area contributed by atoms with Crippen molar-refractivity contribution in [2.24, 2.45) is 0 Å². The summed E-state index contributed by atoms with van der Waals surface area (Å²) in [5.74, 6) is -1.16. The zero-order valence-electron chi connectivity index (χ0n) is 11.0. The molecule has 0 saturated heterocycles. The Hall–Kier alpha value is -1.40. The number of aryl methyl sites for hydroxylation is 1. The summed E-state index contributed by atoms with van der Waals surface area (Å²) in [5.41, 5.74) is 0.697. The average Bonchev–Trinajstić information content (AvgIpc) is 2.85. The fourth-order valence-corrected chi connectivity index (χ4v) is 2.86. The van der Waals surface area contributed by atoms with Crippen molar-refractivity contribution in [2.45, 2.75) is 26.3 Å². The van der Waals surface area contributed by atoms with Crippen LogP contribution in [0.5, 0.6) is 0 Å². The molecule has 0 bridgehead atoms. The molecule has 0 spiro atoms. The Morgan fingerprint density at radius 2 is 2.00 bits per heavy atom. The number of rotatable bonds is 4. The van der Waals surface area contributed by atoms with Gasteiger partial charge >= 0.3 is 0 Å². The first-order valence-electron chi connectivity index (χ1n) is 6.03. The smallest absolute Gasteiger partial charge is 0.150 e. The third-order valence-electron chi connectivity index (χ3n) is 2.97. The average molecular weight is 283 g/mol. The Labute approximate surface area is 114 Å². The Balaban J connectivity index is 2.40. The maximum Gasteiger partial charge on any atom is 0.150 e. The summed E-state index contributed by atoms with van der Waals surface area (Å²) in [6.45, 7) is 3.63. The topological polar surface area (TPSA) is 37.8 Å². The Bertz CT molecular complexity index is 579. The molecule has 0 radical (unpaired) electrons. The van der Waals surface area contributed by atoms with Crippen LogP contribution in [0.25, 0.3) is 10.6 Å². The van der Waals surface area contributed by atoms with Gasteiger partial charge in [-0.25, -0.2) is 8.78 Å². The van der Waals surface area contributed by atoms with E-state index in [-0.39, 0.29) is 6.04 Å². The lowest BCUT2D eigenvalue weighted by Gasteiger charge is -2.08. The number of halogens is 2. The minimum atomic E-state index is -0.608. The molecule has 1 N–H and O–H groups in total. The summed E-state index contributed by atoms with van der Waals surface area (Å²) >= 11 is 1.32. The second kappa shape index (κ2) is 5.71. The first-order valence-corrected chi connectivity index (χ1v) is 6.85. The van der Waals surface area contributed by atoms with Gasteiger partial charge in [0.15, 0.2) is 5.01 Å². The molecule has 0 amide bonds. The lowest BCUT2D eigenvalue weighted by Crippen LogP contribution is -2.14. The van der Waals surface area contributed by atoms with E-state index in [0.29, 0.717) is 16.1 Å². The van der Waals surface area contributed by atoms with Crippen molar-refractivity contribution in [3.63, 3.8) is 0 Å². The monoisotopic (exact) mass is 283 g/mol. The van der Waals surface area contributed by atoms with Gasteiger partial charge < -0.3 is 5.32 Å². The zero-order valence-corrected chi connectivity index (χ0v) is 11.8. The Morgan fingerprint density at radius 3 is 2.63 bits per heavy atom. The van der Waals surface area contributed by atoms with Crippen molar-refractivity contribution < 1.29 is 8.78 Å². The minimum absolute atomic E-state index is 0.107. The molecule has 102 valence electrons. The Kier molecular flexibility index (Phi) is 4.21. The van der Waals surface area contributed by atoms with Crippen LogP contribution in [-0.2, 0) is 0 Å². The third kappa shape index (κ3) is 2.79. The van der Waals surface area contributed by atoms with Crippen LogP contribution in [0.3, 0.4) is 0 Å². The van der Waals surface area contributed by atoms with Crippen molar-refractivity contribution in [1.82, 2.24) is 15.5 Å². The van der Waals surface area contributed by atoms with Crippen LogP contribution in [0.15, 0.2) is 12.1 Å². The predicted octanol–water partition coefficient (Wildman–Crippen LogP) is 3.46. The van der Waals surface area contributed by atoms with Crippen molar-refractivity contribution in [2.75, 3.05) is 7.05 Å². The van der Waals surface area contributed by atoms with Gasteiger partial charge in [0.25, 0.3) is 0 Å². The SMILES string of the molecule is CCC(NC)c1nnc(-c2cc(C)c(F)cc2F)s1. The van der Waals surface area contributed by atoms with Crippen LogP contribution in [-0.4, -0.2) is 17.2 Å². The molecule has 1 unspecified atom stereocenters. The second-order valence-corrected chi connectivity index (χ2v) is 5.29. The van der Waals surface area contributed by atoms with Crippen LogP contribution in [0.2, 0.25) is 0 Å². The molecule has 1 atom stereocenters. The summed E-state index contributed by atoms with van der Waals surface area (Å²) in [6, 6.07) is 2.46. The van der Waals surface area contributed by atoms with Crippen LogP contribution in [0.4, 0.5) is 8.78 Å². The summed E-state index contributed by atoms with van der Waals surface area (Å²) in [6.07, 6.45) is 0.871. The molecule has 0 aliphatic heterocycles. The highest BCUT2D eigenvalue weighted by molar-refractivity contribution is 7.14. The van der Waals surface area contributed by atoms with Crippen LogP contribution < -0.4 is 5.32 Å². The molecule has 0 aliphatic rings. The molecule has 0 saturated carbocycles. The van der Waals surface area contributed by atoms with Gasteiger partial charge in [-0.2, -0.15) is 0 Å². The van der Waals surface area contributed by atoms with E-state index >= 15 is 0 Å². The molecular weight excluding hydrogens is 268 g/mol. The number of aromatic nitrogens is 2. The van der Waals surface area contributed by atoms with Crippen molar-refractivity contribution in [3.05, 3.63) is 34.3 Å². The lowest BCUT2D eigenvalue weighted by molar-refractivity contribution is 0.568. The highest BCUT2D eigenvalue weighted by atomic mass is 32.1. The quantitative estimate of drug-likeness (QED) is 0.933. The largest absolute Gasteiger partial charge is 0.311 e. The molecule has 2 rings (SSSR count). The van der Waals surface area contributed by atoms with Gasteiger partial charge in [-0.3, -0.25) is 0 Å². The molecule has 0 aliphatic carbocycles. The minimum Gasteiger partial charge on any atom is -0.311 e. The first-order chi connectivity index (χ1) is 9.06. The van der Waals surface area contributed by atoms with Crippen LogP contribution in [0, 0.1) is 18.6 Å². The lowest BCUT2D eigenvalue weighted by atomic mass is 10.1. The number of nitrogens with one attached hydrogen (secondary N) is 1. The molecule has 1 aromatic carbocycles. The summed E-state index contributed by atoms with van der Waals surface area (Å²) in [7, 11) is 1.85. The second-order valence-electron chi connectivity index (χ2n) is 4.28. The van der Waals surface area contributed by atoms with E-state index in [9.17, 15) is 8.78 Å². The van der Waals surface area contributed by atoms with Crippen molar-refractivity contribution >= 4 is 11.3 Å². The van der Waals surface area contributed by atoms with E-state index < -0.39 is 11.6 Å². The van der Waals surface area contributed by atoms with E-state index in [2.05, 4.69) is 15.5 Å². The van der Waals surface area contributed by atoms with E-state index in [4.69, 9.17) is 0 Å². The van der Waals surface area contributed by atoms with E-state index in [0.717, 1.165) is 17.5 Å². The van der Waals surface area contributed by atoms with E-state index in [1.165, 1.54) is 17.4 Å². The first kappa shape index (κ1) is 14.0. The van der Waals surface area contributed by atoms with Gasteiger partial charge in [-0.05, 0) is 32.0 Å². The highest BCUT2D eigenvalue weighted by Gasteiger charge is 2.17. The van der Waals surface area contributed by atoms with Gasteiger partial charge in [0.1, 0.15) is 16.6 Å². The molecule has 0 fully saturated rings.